The minimum absolute atomic E-state index is 0.170. The summed E-state index contributed by atoms with van der Waals surface area (Å²) in [5, 5.41) is 3.41. The summed E-state index contributed by atoms with van der Waals surface area (Å²) >= 11 is 3.29. The Morgan fingerprint density at radius 2 is 1.85 bits per heavy atom. The zero-order valence-electron chi connectivity index (χ0n) is 15.0. The second kappa shape index (κ2) is 8.41. The molecule has 0 unspecified atom stereocenters. The van der Waals surface area contributed by atoms with E-state index in [1.165, 1.54) is 19.2 Å². The summed E-state index contributed by atoms with van der Waals surface area (Å²) in [6, 6.07) is 16.4. The number of sulfonamides is 1. The van der Waals surface area contributed by atoms with E-state index in [1.807, 2.05) is 30.3 Å². The number of likely N-dealkylation sites (tertiary alicyclic amines) is 1. The molecule has 0 radical (unpaired) electrons. The molecule has 0 aliphatic carbocycles. The average Bonchev–Trinajstić information content (AvgIpc) is 3.11. The van der Waals surface area contributed by atoms with Gasteiger partial charge in [-0.1, -0.05) is 34.1 Å². The second-order valence-electron chi connectivity index (χ2n) is 6.55. The standard InChI is InChI=1S/C19H22BrN3O3S/c1-22(27(25,26)18-9-7-15(20)8-10-18)14-19(24)23-12-11-17(13-23)21-16-5-3-2-4-6-16/h2-10,17,21H,11-14H2,1H3/t17-/m1/s1. The van der Waals surface area contributed by atoms with E-state index in [9.17, 15) is 13.2 Å². The third kappa shape index (κ3) is 4.88. The van der Waals surface area contributed by atoms with Gasteiger partial charge in [0.05, 0.1) is 11.4 Å². The van der Waals surface area contributed by atoms with E-state index in [0.29, 0.717) is 13.1 Å². The maximum absolute atomic E-state index is 12.6. The molecule has 1 aliphatic rings. The third-order valence-corrected chi connectivity index (χ3v) is 6.91. The van der Waals surface area contributed by atoms with Gasteiger partial charge in [-0.3, -0.25) is 4.79 Å². The number of carbonyl (C=O) groups excluding carboxylic acids is 1. The number of likely N-dealkylation sites (N-methyl/N-ethyl adjacent to an activating group) is 1. The number of anilines is 1. The number of hydrogen-bond donors (Lipinski definition) is 1. The number of hydrogen-bond acceptors (Lipinski definition) is 4. The summed E-state index contributed by atoms with van der Waals surface area (Å²) < 4.78 is 27.2. The Bertz CT molecular complexity index is 888. The molecule has 0 bridgehead atoms. The fourth-order valence-electron chi connectivity index (χ4n) is 3.04. The van der Waals surface area contributed by atoms with Crippen molar-refractivity contribution in [2.45, 2.75) is 17.4 Å². The lowest BCUT2D eigenvalue weighted by atomic mass is 10.2. The van der Waals surface area contributed by atoms with Gasteiger partial charge in [0.2, 0.25) is 15.9 Å². The van der Waals surface area contributed by atoms with Gasteiger partial charge >= 0.3 is 0 Å². The van der Waals surface area contributed by atoms with Crippen molar-refractivity contribution in [3.8, 4) is 0 Å². The molecule has 1 aliphatic heterocycles. The highest BCUT2D eigenvalue weighted by atomic mass is 79.9. The topological polar surface area (TPSA) is 69.7 Å². The zero-order valence-corrected chi connectivity index (χ0v) is 17.4. The average molecular weight is 452 g/mol. The molecule has 1 atom stereocenters. The largest absolute Gasteiger partial charge is 0.380 e. The molecular weight excluding hydrogens is 430 g/mol. The summed E-state index contributed by atoms with van der Waals surface area (Å²) in [7, 11) is -2.26. The number of carbonyl (C=O) groups is 1. The van der Waals surface area contributed by atoms with Crippen molar-refractivity contribution in [1.29, 1.82) is 0 Å². The highest BCUT2D eigenvalue weighted by Crippen LogP contribution is 2.19. The van der Waals surface area contributed by atoms with E-state index in [4.69, 9.17) is 0 Å². The van der Waals surface area contributed by atoms with Gasteiger partial charge in [0.25, 0.3) is 0 Å². The number of halogens is 1. The first-order chi connectivity index (χ1) is 12.9. The Labute approximate surface area is 168 Å². The van der Waals surface area contributed by atoms with Crippen LogP contribution >= 0.6 is 15.9 Å². The molecule has 1 amide bonds. The van der Waals surface area contributed by atoms with Crippen molar-refractivity contribution in [1.82, 2.24) is 9.21 Å². The van der Waals surface area contributed by atoms with E-state index in [2.05, 4.69) is 21.2 Å². The fourth-order valence-corrected chi connectivity index (χ4v) is 4.42. The van der Waals surface area contributed by atoms with Crippen LogP contribution in [0, 0.1) is 0 Å². The van der Waals surface area contributed by atoms with Crippen molar-refractivity contribution >= 4 is 37.5 Å². The minimum atomic E-state index is -3.69. The van der Waals surface area contributed by atoms with Crippen LogP contribution in [0.25, 0.3) is 0 Å². The summed E-state index contributed by atoms with van der Waals surface area (Å²) in [5.74, 6) is -0.185. The monoisotopic (exact) mass is 451 g/mol. The van der Waals surface area contributed by atoms with Crippen LogP contribution in [0.4, 0.5) is 5.69 Å². The Kier molecular flexibility index (Phi) is 6.18. The first kappa shape index (κ1) is 19.9. The van der Waals surface area contributed by atoms with Crippen LogP contribution in [0.3, 0.4) is 0 Å². The predicted octanol–water partition coefficient (Wildman–Crippen LogP) is 2.78. The van der Waals surface area contributed by atoms with E-state index >= 15 is 0 Å². The normalized spacial score (nSPS) is 17.3. The molecule has 0 spiro atoms. The lowest BCUT2D eigenvalue weighted by Crippen LogP contribution is -2.40. The lowest BCUT2D eigenvalue weighted by Gasteiger charge is -2.22. The van der Waals surface area contributed by atoms with Crippen LogP contribution in [-0.4, -0.2) is 56.3 Å². The number of benzene rings is 2. The Balaban J connectivity index is 1.57. The SMILES string of the molecule is CN(CC(=O)N1CC[C@@H](Nc2ccccc2)C1)S(=O)(=O)c1ccc(Br)cc1. The fraction of sp³-hybridized carbons (Fsp3) is 0.316. The first-order valence-corrected chi connectivity index (χ1v) is 10.9. The van der Waals surface area contributed by atoms with Crippen LogP contribution in [0.2, 0.25) is 0 Å². The minimum Gasteiger partial charge on any atom is -0.380 e. The molecule has 1 heterocycles. The molecule has 1 N–H and O–H groups in total. The molecule has 0 aromatic heterocycles. The van der Waals surface area contributed by atoms with E-state index in [1.54, 1.807) is 17.0 Å². The Morgan fingerprint density at radius 1 is 1.19 bits per heavy atom. The van der Waals surface area contributed by atoms with Gasteiger partial charge in [0.1, 0.15) is 0 Å². The predicted molar refractivity (Wildman–Crippen MR) is 109 cm³/mol. The zero-order chi connectivity index (χ0) is 19.4. The van der Waals surface area contributed by atoms with Crippen molar-refractivity contribution in [2.75, 3.05) is 32.0 Å². The maximum atomic E-state index is 12.6. The Morgan fingerprint density at radius 3 is 2.52 bits per heavy atom. The number of amides is 1. The molecule has 1 fully saturated rings. The van der Waals surface area contributed by atoms with Gasteiger partial charge < -0.3 is 10.2 Å². The second-order valence-corrected chi connectivity index (χ2v) is 9.51. The van der Waals surface area contributed by atoms with Gasteiger partial charge in [-0.2, -0.15) is 4.31 Å². The van der Waals surface area contributed by atoms with Gasteiger partial charge in [-0.15, -0.1) is 0 Å². The maximum Gasteiger partial charge on any atom is 0.243 e. The van der Waals surface area contributed by atoms with Crippen molar-refractivity contribution in [3.05, 3.63) is 59.1 Å². The van der Waals surface area contributed by atoms with E-state index in [-0.39, 0.29) is 23.4 Å². The smallest absolute Gasteiger partial charge is 0.243 e. The van der Waals surface area contributed by atoms with Gasteiger partial charge in [0, 0.05) is 36.3 Å². The van der Waals surface area contributed by atoms with Crippen LogP contribution in [0.15, 0.2) is 64.0 Å². The van der Waals surface area contributed by atoms with Gasteiger partial charge in [-0.05, 0) is 42.8 Å². The number of rotatable bonds is 6. The molecular formula is C19H22BrN3O3S. The van der Waals surface area contributed by atoms with Gasteiger partial charge in [-0.25, -0.2) is 8.42 Å². The molecule has 6 nitrogen and oxygen atoms in total. The summed E-state index contributed by atoms with van der Waals surface area (Å²) in [4.78, 5) is 14.5. The third-order valence-electron chi connectivity index (χ3n) is 4.57. The molecule has 2 aromatic rings. The van der Waals surface area contributed by atoms with Crippen LogP contribution in [-0.2, 0) is 14.8 Å². The number of nitrogens with zero attached hydrogens (tertiary/aromatic N) is 2. The lowest BCUT2D eigenvalue weighted by molar-refractivity contribution is -0.130. The highest BCUT2D eigenvalue weighted by Gasteiger charge is 2.29. The van der Waals surface area contributed by atoms with Crippen molar-refractivity contribution in [3.63, 3.8) is 0 Å². The van der Waals surface area contributed by atoms with E-state index in [0.717, 1.165) is 20.9 Å². The van der Waals surface area contributed by atoms with Crippen LogP contribution in [0.5, 0.6) is 0 Å². The van der Waals surface area contributed by atoms with Crippen molar-refractivity contribution < 1.29 is 13.2 Å². The molecule has 0 saturated carbocycles. The summed E-state index contributed by atoms with van der Waals surface area (Å²) in [6.07, 6.45) is 0.837. The number of para-hydroxylation sites is 1. The van der Waals surface area contributed by atoms with E-state index < -0.39 is 10.0 Å². The summed E-state index contributed by atoms with van der Waals surface area (Å²) in [6.45, 7) is 1.02. The summed E-state index contributed by atoms with van der Waals surface area (Å²) in [5.41, 5.74) is 1.02. The van der Waals surface area contributed by atoms with Crippen LogP contribution in [0.1, 0.15) is 6.42 Å². The molecule has 3 rings (SSSR count). The number of nitrogens with one attached hydrogen (secondary N) is 1. The quantitative estimate of drug-likeness (QED) is 0.732. The molecule has 27 heavy (non-hydrogen) atoms. The first-order valence-electron chi connectivity index (χ1n) is 8.67. The molecule has 1 saturated heterocycles. The highest BCUT2D eigenvalue weighted by molar-refractivity contribution is 9.10. The molecule has 8 heteroatoms. The Hall–Kier alpha value is -1.90. The van der Waals surface area contributed by atoms with Crippen LogP contribution < -0.4 is 5.32 Å². The molecule has 144 valence electrons. The molecule has 2 aromatic carbocycles. The van der Waals surface area contributed by atoms with Gasteiger partial charge in [0.15, 0.2) is 0 Å². The van der Waals surface area contributed by atoms with Crippen molar-refractivity contribution in [2.24, 2.45) is 0 Å².